The number of hydrogen-bond acceptors (Lipinski definition) is 9. The van der Waals surface area contributed by atoms with Gasteiger partial charge in [0.1, 0.15) is 18.8 Å². The van der Waals surface area contributed by atoms with Gasteiger partial charge in [-0.15, -0.1) is 0 Å². The number of likely N-dealkylation sites (N-methyl/N-ethyl adjacent to an activating group) is 1. The molecule has 2 aliphatic heterocycles. The van der Waals surface area contributed by atoms with Crippen molar-refractivity contribution in [3.05, 3.63) is 64.7 Å². The van der Waals surface area contributed by atoms with E-state index in [9.17, 15) is 15.0 Å². The average Bonchev–Trinajstić information content (AvgIpc) is 3.70. The molecule has 0 radical (unpaired) electrons. The molecule has 282 valence electrons. The molecule has 0 unspecified atom stereocenters. The molecule has 1 amide bonds. The standard InChI is InChI=1S/C41H62N4O6/c1-25(2)15-33(22-43(7)8)44(21-30-13-10-14-31-24-49-51-39(30)31)19-28-11-9-12-29(16-28)20-45-38(37(27(4)47)36(23-46)50-45)40(48)42-35-18-32-17-34(26(35)3)41(32,5)6/h9-14,16,25-27,32-38,46-47H,15,17-24H2,1-8H3,(H,42,48)/t26-,27-,32-,33-,34+,35-,36-,37+,38-/m0/s1. The number of aliphatic hydroxyl groups excluding tert-OH is 2. The molecule has 5 aliphatic rings. The van der Waals surface area contributed by atoms with Crippen molar-refractivity contribution in [1.29, 1.82) is 0 Å². The number of nitrogens with zero attached hydrogens (tertiary/aromatic N) is 3. The summed E-state index contributed by atoms with van der Waals surface area (Å²) < 4.78 is 0. The molecule has 51 heavy (non-hydrogen) atoms. The summed E-state index contributed by atoms with van der Waals surface area (Å²) >= 11 is 0. The summed E-state index contributed by atoms with van der Waals surface area (Å²) in [4.78, 5) is 36.3. The van der Waals surface area contributed by atoms with Crippen LogP contribution in [0.15, 0.2) is 42.5 Å². The molecule has 9 atom stereocenters. The van der Waals surface area contributed by atoms with Crippen LogP contribution in [0.2, 0.25) is 0 Å². The number of aliphatic hydroxyl groups is 2. The molecule has 10 heteroatoms. The predicted octanol–water partition coefficient (Wildman–Crippen LogP) is 5.15. The zero-order valence-corrected chi connectivity index (χ0v) is 32.0. The zero-order chi connectivity index (χ0) is 36.6. The van der Waals surface area contributed by atoms with Crippen LogP contribution in [0.4, 0.5) is 0 Å². The second-order valence-corrected chi connectivity index (χ2v) is 17.3. The van der Waals surface area contributed by atoms with Gasteiger partial charge in [0.2, 0.25) is 5.91 Å². The minimum atomic E-state index is -0.831. The Balaban J connectivity index is 1.22. The van der Waals surface area contributed by atoms with Gasteiger partial charge in [0.05, 0.1) is 19.3 Å². The number of hydrogen-bond donors (Lipinski definition) is 3. The van der Waals surface area contributed by atoms with Gasteiger partial charge in [-0.25, -0.2) is 0 Å². The van der Waals surface area contributed by atoms with Crippen molar-refractivity contribution >= 4 is 5.91 Å². The topological polar surface area (TPSA) is 107 Å². The minimum absolute atomic E-state index is 0.0945. The van der Waals surface area contributed by atoms with E-state index in [1.54, 1.807) is 12.0 Å². The number of nitrogens with one attached hydrogen (secondary N) is 1. The molecule has 3 saturated carbocycles. The Morgan fingerprint density at radius 2 is 1.82 bits per heavy atom. The first-order chi connectivity index (χ1) is 24.3. The fourth-order valence-corrected chi connectivity index (χ4v) is 9.70. The lowest BCUT2D eigenvalue weighted by Crippen LogP contribution is -2.62. The molecule has 4 fully saturated rings. The van der Waals surface area contributed by atoms with E-state index in [0.29, 0.717) is 54.8 Å². The van der Waals surface area contributed by atoms with Gasteiger partial charge < -0.3 is 25.3 Å². The average molecular weight is 707 g/mol. The molecule has 0 spiro atoms. The summed E-state index contributed by atoms with van der Waals surface area (Å²) in [5, 5.41) is 26.3. The van der Waals surface area contributed by atoms with E-state index in [2.05, 4.69) is 106 Å². The highest BCUT2D eigenvalue weighted by atomic mass is 17.2. The van der Waals surface area contributed by atoms with Crippen molar-refractivity contribution in [3.8, 4) is 5.75 Å². The monoisotopic (exact) mass is 706 g/mol. The van der Waals surface area contributed by atoms with E-state index in [-0.39, 0.29) is 18.6 Å². The van der Waals surface area contributed by atoms with Gasteiger partial charge >= 0.3 is 0 Å². The number of para-hydroxylation sites is 1. The number of carbonyl (C=O) groups is 1. The highest BCUT2D eigenvalue weighted by Gasteiger charge is 2.57. The lowest BCUT2D eigenvalue weighted by atomic mass is 9.45. The van der Waals surface area contributed by atoms with E-state index in [4.69, 9.17) is 14.6 Å². The fraction of sp³-hybridized carbons (Fsp3) is 0.683. The van der Waals surface area contributed by atoms with Crippen LogP contribution < -0.4 is 10.2 Å². The van der Waals surface area contributed by atoms with Gasteiger partial charge in [0, 0.05) is 48.8 Å². The zero-order valence-electron chi connectivity index (χ0n) is 32.0. The molecule has 3 N–H and O–H groups in total. The van der Waals surface area contributed by atoms with Gasteiger partial charge in [-0.05, 0) is 80.5 Å². The maximum atomic E-state index is 14.2. The summed E-state index contributed by atoms with van der Waals surface area (Å²) in [6, 6.07) is 14.4. The Bertz CT molecular complexity index is 1490. The molecule has 2 aromatic carbocycles. The van der Waals surface area contributed by atoms with Crippen LogP contribution in [-0.4, -0.2) is 88.6 Å². The second kappa shape index (κ2) is 15.8. The third kappa shape index (κ3) is 8.17. The Hall–Kier alpha value is -2.57. The molecule has 1 saturated heterocycles. The van der Waals surface area contributed by atoms with Crippen molar-refractivity contribution < 1.29 is 29.6 Å². The molecule has 2 heterocycles. The maximum absolute atomic E-state index is 14.2. The van der Waals surface area contributed by atoms with E-state index in [1.807, 2.05) is 0 Å². The van der Waals surface area contributed by atoms with Crippen LogP contribution in [0.1, 0.15) is 83.1 Å². The SMILES string of the molecule is CC(C)C[C@@H](CN(C)C)N(Cc1cccc(CN2O[C@@H](CO)[C@@H]([C@H](C)O)[C@H]2C(=O)N[C@H]2C[C@@H]3C[C@H]([C@@H]2C)C3(C)C)c1)Cc1cccc2c1OOC2. The van der Waals surface area contributed by atoms with E-state index >= 15 is 0 Å². The highest BCUT2D eigenvalue weighted by Crippen LogP contribution is 2.61. The summed E-state index contributed by atoms with van der Waals surface area (Å²) in [7, 11) is 4.26. The molecule has 7 rings (SSSR count). The van der Waals surface area contributed by atoms with Crippen LogP contribution in [0, 0.1) is 35.0 Å². The normalized spacial score (nSPS) is 29.5. The Labute approximate surface area is 305 Å². The van der Waals surface area contributed by atoms with Gasteiger partial charge in [-0.3, -0.25) is 14.5 Å². The maximum Gasteiger partial charge on any atom is 0.240 e. The largest absolute Gasteiger partial charge is 0.394 e. The molecular weight excluding hydrogens is 644 g/mol. The lowest BCUT2D eigenvalue weighted by Gasteiger charge is -2.62. The number of amides is 1. The van der Waals surface area contributed by atoms with Crippen LogP contribution in [0.5, 0.6) is 5.75 Å². The second-order valence-electron chi connectivity index (χ2n) is 17.3. The smallest absolute Gasteiger partial charge is 0.240 e. The summed E-state index contributed by atoms with van der Waals surface area (Å²) in [6.07, 6.45) is 1.75. The minimum Gasteiger partial charge on any atom is -0.394 e. The fourth-order valence-electron chi connectivity index (χ4n) is 9.70. The summed E-state index contributed by atoms with van der Waals surface area (Å²) in [6.45, 7) is 16.1. The molecular formula is C41H62N4O6. The molecule has 2 aromatic rings. The summed E-state index contributed by atoms with van der Waals surface area (Å²) in [5.41, 5.74) is 4.67. The van der Waals surface area contributed by atoms with Crippen molar-refractivity contribution in [2.24, 2.45) is 35.0 Å². The number of rotatable bonds is 15. The number of fused-ring (bicyclic) bond motifs is 3. The number of hydroxylamine groups is 2. The Morgan fingerprint density at radius 1 is 1.08 bits per heavy atom. The van der Waals surface area contributed by atoms with Crippen molar-refractivity contribution in [2.75, 3.05) is 27.2 Å². The first-order valence-corrected chi connectivity index (χ1v) is 19.2. The quantitative estimate of drug-likeness (QED) is 0.217. The van der Waals surface area contributed by atoms with Gasteiger partial charge in [0.25, 0.3) is 0 Å². The van der Waals surface area contributed by atoms with Crippen LogP contribution in [0.25, 0.3) is 0 Å². The van der Waals surface area contributed by atoms with Crippen molar-refractivity contribution in [1.82, 2.24) is 20.2 Å². The first kappa shape index (κ1) is 38.2. The van der Waals surface area contributed by atoms with Gasteiger partial charge in [0.15, 0.2) is 5.75 Å². The third-order valence-corrected chi connectivity index (χ3v) is 12.5. The third-order valence-electron chi connectivity index (χ3n) is 12.5. The van der Waals surface area contributed by atoms with E-state index < -0.39 is 24.2 Å². The van der Waals surface area contributed by atoms with Crippen LogP contribution in [0.3, 0.4) is 0 Å². The number of carbonyl (C=O) groups excluding carboxylic acids is 1. The Kier molecular flexibility index (Phi) is 11.8. The van der Waals surface area contributed by atoms with Gasteiger partial charge in [-0.1, -0.05) is 77.1 Å². The molecule has 10 nitrogen and oxygen atoms in total. The van der Waals surface area contributed by atoms with E-state index in [1.165, 1.54) is 6.42 Å². The first-order valence-electron chi connectivity index (χ1n) is 19.2. The molecule has 2 bridgehead atoms. The van der Waals surface area contributed by atoms with Crippen LogP contribution in [-0.2, 0) is 40.8 Å². The Morgan fingerprint density at radius 3 is 2.49 bits per heavy atom. The van der Waals surface area contributed by atoms with Gasteiger partial charge in [-0.2, -0.15) is 9.95 Å². The van der Waals surface area contributed by atoms with Crippen LogP contribution >= 0.6 is 0 Å². The lowest BCUT2D eigenvalue weighted by molar-refractivity contribution is -0.195. The molecule has 0 aromatic heterocycles. The van der Waals surface area contributed by atoms with Crippen molar-refractivity contribution in [2.45, 2.75) is 117 Å². The summed E-state index contributed by atoms with van der Waals surface area (Å²) in [5.74, 6) is 2.26. The van der Waals surface area contributed by atoms with E-state index in [0.717, 1.165) is 53.9 Å². The molecule has 3 aliphatic carbocycles. The predicted molar refractivity (Wildman–Crippen MR) is 197 cm³/mol. The van der Waals surface area contributed by atoms with Crippen molar-refractivity contribution in [3.63, 3.8) is 0 Å². The highest BCUT2D eigenvalue weighted by molar-refractivity contribution is 5.82. The number of benzene rings is 2.